The Morgan fingerprint density at radius 2 is 1.83 bits per heavy atom. The molecule has 35 heavy (non-hydrogen) atoms. The van der Waals surface area contributed by atoms with Crippen molar-refractivity contribution in [3.05, 3.63) is 52.0 Å². The number of para-hydroxylation sites is 1. The lowest BCUT2D eigenvalue weighted by Gasteiger charge is -2.32. The highest BCUT2D eigenvalue weighted by Gasteiger charge is 2.25. The van der Waals surface area contributed by atoms with Crippen LogP contribution in [0.3, 0.4) is 0 Å². The molecule has 1 fully saturated rings. The van der Waals surface area contributed by atoms with Gasteiger partial charge in [-0.2, -0.15) is 0 Å². The van der Waals surface area contributed by atoms with E-state index in [1.807, 2.05) is 0 Å². The molecule has 0 aliphatic carbocycles. The lowest BCUT2D eigenvalue weighted by Crippen LogP contribution is -2.42. The zero-order valence-electron chi connectivity index (χ0n) is 19.3. The molecule has 2 aromatic carbocycles. The largest absolute Gasteiger partial charge is 0.490 e. The van der Waals surface area contributed by atoms with Crippen LogP contribution in [-0.2, 0) is 14.8 Å². The molecule has 190 valence electrons. The SMILES string of the molecule is CNS(=O)(=O)c1cccc(C(=O)NCCN2CCC(Oc3ccc(Cl)c(Cl)c3)CC2)c1OC(C)=O. The van der Waals surface area contributed by atoms with Crippen LogP contribution in [0.2, 0.25) is 10.0 Å². The van der Waals surface area contributed by atoms with Crippen molar-refractivity contribution >= 4 is 45.1 Å². The minimum atomic E-state index is -3.94. The van der Waals surface area contributed by atoms with Crippen LogP contribution >= 0.6 is 23.2 Å². The molecule has 9 nitrogen and oxygen atoms in total. The van der Waals surface area contributed by atoms with E-state index in [0.29, 0.717) is 28.9 Å². The van der Waals surface area contributed by atoms with Crippen molar-refractivity contribution in [3.63, 3.8) is 0 Å². The van der Waals surface area contributed by atoms with Crippen molar-refractivity contribution in [3.8, 4) is 11.5 Å². The lowest BCUT2D eigenvalue weighted by atomic mass is 10.1. The van der Waals surface area contributed by atoms with Crippen LogP contribution < -0.4 is 19.5 Å². The molecule has 0 radical (unpaired) electrons. The van der Waals surface area contributed by atoms with Gasteiger partial charge in [-0.25, -0.2) is 13.1 Å². The number of piperidine rings is 1. The fourth-order valence-electron chi connectivity index (χ4n) is 3.68. The summed E-state index contributed by atoms with van der Waals surface area (Å²) in [5.41, 5.74) is -0.0368. The number of benzene rings is 2. The number of rotatable bonds is 9. The highest BCUT2D eigenvalue weighted by Crippen LogP contribution is 2.29. The van der Waals surface area contributed by atoms with Crippen molar-refractivity contribution in [2.24, 2.45) is 0 Å². The first-order valence-electron chi connectivity index (χ1n) is 11.0. The summed E-state index contributed by atoms with van der Waals surface area (Å²) in [6, 6.07) is 9.29. The zero-order valence-corrected chi connectivity index (χ0v) is 21.7. The number of esters is 1. The first kappa shape index (κ1) is 27.2. The molecule has 0 bridgehead atoms. The fourth-order valence-corrected chi connectivity index (χ4v) is 4.84. The molecule has 1 saturated heterocycles. The smallest absolute Gasteiger partial charge is 0.308 e. The standard InChI is InChI=1S/C23H27Cl2N3O6S/c1-15(29)33-22-18(4-3-5-21(22)35(31,32)26-2)23(30)27-10-13-28-11-8-16(9-12-28)34-17-6-7-19(24)20(25)14-17/h3-7,14,16,26H,8-13H2,1-2H3,(H,27,30). The van der Waals surface area contributed by atoms with Gasteiger partial charge in [-0.05, 0) is 44.2 Å². The number of hydrogen-bond acceptors (Lipinski definition) is 7. The molecule has 12 heteroatoms. The van der Waals surface area contributed by atoms with Gasteiger partial charge in [-0.15, -0.1) is 0 Å². The number of likely N-dealkylation sites (tertiary alicyclic amines) is 1. The highest BCUT2D eigenvalue weighted by molar-refractivity contribution is 7.89. The summed E-state index contributed by atoms with van der Waals surface area (Å²) in [6.07, 6.45) is 1.69. The maximum Gasteiger partial charge on any atom is 0.308 e. The minimum absolute atomic E-state index is 0.0368. The average Bonchev–Trinajstić information content (AvgIpc) is 2.82. The molecule has 0 unspecified atom stereocenters. The Morgan fingerprint density at radius 3 is 2.46 bits per heavy atom. The van der Waals surface area contributed by atoms with Gasteiger partial charge < -0.3 is 19.7 Å². The van der Waals surface area contributed by atoms with Crippen LogP contribution in [0.4, 0.5) is 0 Å². The van der Waals surface area contributed by atoms with Crippen LogP contribution in [0.5, 0.6) is 11.5 Å². The number of amides is 1. The third-order valence-electron chi connectivity index (χ3n) is 5.47. The maximum atomic E-state index is 12.8. The third-order valence-corrected chi connectivity index (χ3v) is 7.65. The molecule has 3 rings (SSSR count). The number of hydrogen-bond donors (Lipinski definition) is 2. The summed E-state index contributed by atoms with van der Waals surface area (Å²) in [5.74, 6) is -0.890. The maximum absolute atomic E-state index is 12.8. The van der Waals surface area contributed by atoms with Gasteiger partial charge >= 0.3 is 5.97 Å². The van der Waals surface area contributed by atoms with E-state index in [-0.39, 0.29) is 22.3 Å². The van der Waals surface area contributed by atoms with Crippen molar-refractivity contribution in [1.29, 1.82) is 0 Å². The molecule has 2 N–H and O–H groups in total. The quantitative estimate of drug-likeness (QED) is 0.369. The Kier molecular flexibility index (Phi) is 9.37. The van der Waals surface area contributed by atoms with Crippen LogP contribution in [-0.4, -0.2) is 64.5 Å². The number of nitrogens with one attached hydrogen (secondary N) is 2. The summed E-state index contributed by atoms with van der Waals surface area (Å²) in [4.78, 5) is 26.3. The van der Waals surface area contributed by atoms with Crippen molar-refractivity contribution < 1.29 is 27.5 Å². The summed E-state index contributed by atoms with van der Waals surface area (Å²) in [6.45, 7) is 3.65. The van der Waals surface area contributed by atoms with Crippen LogP contribution in [0.15, 0.2) is 41.3 Å². The third kappa shape index (κ3) is 7.31. The van der Waals surface area contributed by atoms with E-state index in [0.717, 1.165) is 32.9 Å². The predicted octanol–water partition coefficient (Wildman–Crippen LogP) is 3.10. The van der Waals surface area contributed by atoms with E-state index in [9.17, 15) is 18.0 Å². The summed E-state index contributed by atoms with van der Waals surface area (Å²) in [5, 5.41) is 3.70. The number of ether oxygens (including phenoxy) is 2. The van der Waals surface area contributed by atoms with Gasteiger partial charge in [0, 0.05) is 39.2 Å². The Hall–Kier alpha value is -2.37. The van der Waals surface area contributed by atoms with Gasteiger partial charge in [0.15, 0.2) is 5.75 Å². The molecular weight excluding hydrogens is 517 g/mol. The second kappa shape index (κ2) is 12.0. The molecule has 0 atom stereocenters. The van der Waals surface area contributed by atoms with Gasteiger partial charge in [0.2, 0.25) is 10.0 Å². The van der Waals surface area contributed by atoms with Crippen molar-refractivity contribution in [2.45, 2.75) is 30.8 Å². The average molecular weight is 544 g/mol. The summed E-state index contributed by atoms with van der Waals surface area (Å²) < 4.78 is 37.9. The van der Waals surface area contributed by atoms with Crippen LogP contribution in [0.25, 0.3) is 0 Å². The molecule has 2 aromatic rings. The normalized spacial score (nSPS) is 15.0. The molecule has 0 spiro atoms. The number of carbonyl (C=O) groups excluding carboxylic acids is 2. The Labute approximate surface area is 214 Å². The predicted molar refractivity (Wildman–Crippen MR) is 133 cm³/mol. The van der Waals surface area contributed by atoms with Gasteiger partial charge in [0.25, 0.3) is 5.91 Å². The number of halogens is 2. The van der Waals surface area contributed by atoms with E-state index in [4.69, 9.17) is 32.7 Å². The molecule has 0 saturated carbocycles. The molecule has 1 amide bonds. The van der Waals surface area contributed by atoms with E-state index in [1.165, 1.54) is 25.2 Å². The van der Waals surface area contributed by atoms with Crippen LogP contribution in [0, 0.1) is 0 Å². The first-order valence-corrected chi connectivity index (χ1v) is 13.2. The molecule has 0 aromatic heterocycles. The molecule has 1 aliphatic rings. The first-order chi connectivity index (χ1) is 16.6. The topological polar surface area (TPSA) is 114 Å². The second-order valence-electron chi connectivity index (χ2n) is 7.92. The number of nitrogens with zero attached hydrogens (tertiary/aromatic N) is 1. The Bertz CT molecular complexity index is 1180. The van der Waals surface area contributed by atoms with Crippen LogP contribution in [0.1, 0.15) is 30.1 Å². The van der Waals surface area contributed by atoms with Gasteiger partial charge in [-0.1, -0.05) is 29.3 Å². The molecule has 1 heterocycles. The van der Waals surface area contributed by atoms with E-state index in [2.05, 4.69) is 14.9 Å². The second-order valence-corrected chi connectivity index (χ2v) is 10.6. The summed E-state index contributed by atoms with van der Waals surface area (Å²) in [7, 11) is -2.71. The van der Waals surface area contributed by atoms with Crippen molar-refractivity contribution in [2.75, 3.05) is 33.2 Å². The monoisotopic (exact) mass is 543 g/mol. The Morgan fingerprint density at radius 1 is 1.11 bits per heavy atom. The van der Waals surface area contributed by atoms with Gasteiger partial charge in [-0.3, -0.25) is 9.59 Å². The number of carbonyl (C=O) groups is 2. The zero-order chi connectivity index (χ0) is 25.6. The lowest BCUT2D eigenvalue weighted by molar-refractivity contribution is -0.132. The van der Waals surface area contributed by atoms with Crippen molar-refractivity contribution in [1.82, 2.24) is 14.9 Å². The van der Waals surface area contributed by atoms with E-state index < -0.39 is 21.9 Å². The summed E-state index contributed by atoms with van der Waals surface area (Å²) >= 11 is 12.0. The van der Waals surface area contributed by atoms with E-state index in [1.54, 1.807) is 18.2 Å². The van der Waals surface area contributed by atoms with Gasteiger partial charge in [0.05, 0.1) is 15.6 Å². The van der Waals surface area contributed by atoms with Gasteiger partial charge in [0.1, 0.15) is 16.7 Å². The minimum Gasteiger partial charge on any atom is -0.490 e. The number of sulfonamides is 1. The molecule has 1 aliphatic heterocycles. The highest BCUT2D eigenvalue weighted by atomic mass is 35.5. The Balaban J connectivity index is 1.54. The van der Waals surface area contributed by atoms with E-state index >= 15 is 0 Å². The molecular formula is C23H27Cl2N3O6S. The fraction of sp³-hybridized carbons (Fsp3) is 0.391.